The van der Waals surface area contributed by atoms with Crippen LogP contribution >= 0.6 is 0 Å². The second-order valence-electron chi connectivity index (χ2n) is 5.84. The van der Waals surface area contributed by atoms with Gasteiger partial charge in [0.2, 0.25) is 0 Å². The Morgan fingerprint density at radius 3 is 2.52 bits per heavy atom. The average Bonchev–Trinajstić information content (AvgIpc) is 3.05. The van der Waals surface area contributed by atoms with Gasteiger partial charge in [0.25, 0.3) is 0 Å². The van der Waals surface area contributed by atoms with Gasteiger partial charge >= 0.3 is 5.97 Å². The Labute approximate surface area is 144 Å². The second kappa shape index (κ2) is 5.98. The van der Waals surface area contributed by atoms with Crippen molar-refractivity contribution in [2.45, 2.75) is 20.5 Å². The second-order valence-corrected chi connectivity index (χ2v) is 5.84. The number of nitrogens with zero attached hydrogens (tertiary/aromatic N) is 4. The molecule has 0 unspecified atom stereocenters. The maximum absolute atomic E-state index is 12.3. The molecule has 0 saturated carbocycles. The highest BCUT2D eigenvalue weighted by Gasteiger charge is 2.14. The van der Waals surface area contributed by atoms with E-state index in [1.54, 1.807) is 6.20 Å². The molecule has 0 atom stereocenters. The van der Waals surface area contributed by atoms with E-state index in [-0.39, 0.29) is 12.3 Å². The molecule has 3 aromatic heterocycles. The zero-order valence-electron chi connectivity index (χ0n) is 13.9. The Balaban J connectivity index is 1.57. The summed E-state index contributed by atoms with van der Waals surface area (Å²) < 4.78 is 7.25. The lowest BCUT2D eigenvalue weighted by molar-refractivity contribution is 0.0461. The molecule has 0 aliphatic heterocycles. The van der Waals surface area contributed by atoms with Gasteiger partial charge in [-0.15, -0.1) is 0 Å². The van der Waals surface area contributed by atoms with Crippen molar-refractivity contribution in [3.8, 4) is 0 Å². The quantitative estimate of drug-likeness (QED) is 0.539. The number of hydrogen-bond donors (Lipinski definition) is 0. The van der Waals surface area contributed by atoms with Crippen LogP contribution in [0.15, 0.2) is 48.7 Å². The van der Waals surface area contributed by atoms with Crippen molar-refractivity contribution in [3.05, 3.63) is 71.4 Å². The van der Waals surface area contributed by atoms with E-state index in [1.807, 2.05) is 60.7 Å². The first-order valence-electron chi connectivity index (χ1n) is 7.96. The van der Waals surface area contributed by atoms with Gasteiger partial charge in [-0.3, -0.25) is 0 Å². The molecule has 0 aliphatic rings. The van der Waals surface area contributed by atoms with Gasteiger partial charge in [0.15, 0.2) is 5.69 Å². The van der Waals surface area contributed by atoms with Crippen molar-refractivity contribution < 1.29 is 9.53 Å². The molecule has 25 heavy (non-hydrogen) atoms. The van der Waals surface area contributed by atoms with Crippen LogP contribution in [0.4, 0.5) is 0 Å². The first kappa shape index (κ1) is 15.3. The van der Waals surface area contributed by atoms with Crippen molar-refractivity contribution in [2.75, 3.05) is 0 Å². The van der Waals surface area contributed by atoms with Crippen molar-refractivity contribution >= 4 is 22.6 Å². The van der Waals surface area contributed by atoms with Gasteiger partial charge in [-0.2, -0.15) is 0 Å². The van der Waals surface area contributed by atoms with E-state index in [4.69, 9.17) is 4.74 Å². The lowest BCUT2D eigenvalue weighted by Crippen LogP contribution is -2.08. The van der Waals surface area contributed by atoms with Gasteiger partial charge in [-0.25, -0.2) is 19.7 Å². The number of hydrogen-bond acceptors (Lipinski definition) is 5. The lowest BCUT2D eigenvalue weighted by Gasteiger charge is -2.07. The van der Waals surface area contributed by atoms with E-state index in [0.29, 0.717) is 11.3 Å². The normalized spacial score (nSPS) is 11.1. The molecule has 0 saturated heterocycles. The van der Waals surface area contributed by atoms with E-state index < -0.39 is 5.97 Å². The molecule has 0 aliphatic carbocycles. The standard InChI is InChI=1S/C19H16N4O2/c1-12-6-5-9-18-22-16(10-23(12)18)19(24)25-11-17-13(2)20-14-7-3-4-8-15(14)21-17/h3-10H,11H2,1-2H3. The number of benzene rings is 1. The van der Waals surface area contributed by atoms with Crippen LogP contribution in [0.2, 0.25) is 0 Å². The van der Waals surface area contributed by atoms with Crippen LogP contribution in [-0.4, -0.2) is 25.3 Å². The number of carbonyl (C=O) groups excluding carboxylic acids is 1. The van der Waals surface area contributed by atoms with Gasteiger partial charge < -0.3 is 9.14 Å². The molecule has 124 valence electrons. The van der Waals surface area contributed by atoms with Crippen molar-refractivity contribution in [2.24, 2.45) is 0 Å². The number of pyridine rings is 1. The van der Waals surface area contributed by atoms with Gasteiger partial charge in [-0.05, 0) is 38.1 Å². The Hall–Kier alpha value is -3.28. The molecule has 0 radical (unpaired) electrons. The van der Waals surface area contributed by atoms with Crippen molar-refractivity contribution in [1.29, 1.82) is 0 Å². The summed E-state index contributed by atoms with van der Waals surface area (Å²) in [4.78, 5) is 25.7. The molecule has 4 rings (SSSR count). The van der Waals surface area contributed by atoms with Crippen LogP contribution in [0.3, 0.4) is 0 Å². The first-order valence-corrected chi connectivity index (χ1v) is 7.96. The van der Waals surface area contributed by atoms with Gasteiger partial charge in [0.1, 0.15) is 12.3 Å². The van der Waals surface area contributed by atoms with Gasteiger partial charge in [-0.1, -0.05) is 18.2 Å². The summed E-state index contributed by atoms with van der Waals surface area (Å²) in [6.45, 7) is 3.88. The number of aryl methyl sites for hydroxylation is 2. The smallest absolute Gasteiger partial charge is 0.358 e. The summed E-state index contributed by atoms with van der Waals surface area (Å²) in [5, 5.41) is 0. The number of aromatic nitrogens is 4. The minimum absolute atomic E-state index is 0.0648. The molecule has 4 aromatic rings. The summed E-state index contributed by atoms with van der Waals surface area (Å²) in [6, 6.07) is 13.3. The lowest BCUT2D eigenvalue weighted by atomic mass is 10.2. The van der Waals surface area contributed by atoms with E-state index in [1.165, 1.54) is 0 Å². The number of rotatable bonds is 3. The van der Waals surface area contributed by atoms with Crippen molar-refractivity contribution in [1.82, 2.24) is 19.4 Å². The minimum atomic E-state index is -0.475. The zero-order valence-corrected chi connectivity index (χ0v) is 13.9. The first-order chi connectivity index (χ1) is 12.1. The van der Waals surface area contributed by atoms with Crippen LogP contribution < -0.4 is 0 Å². The largest absolute Gasteiger partial charge is 0.454 e. The Bertz CT molecular complexity index is 1100. The molecular formula is C19H16N4O2. The maximum Gasteiger partial charge on any atom is 0.358 e. The molecule has 6 heteroatoms. The molecule has 3 heterocycles. The van der Waals surface area contributed by atoms with E-state index in [0.717, 1.165) is 22.4 Å². The molecule has 0 fully saturated rings. The molecular weight excluding hydrogens is 316 g/mol. The van der Waals surface area contributed by atoms with E-state index >= 15 is 0 Å². The number of esters is 1. The highest BCUT2D eigenvalue weighted by Crippen LogP contribution is 2.14. The summed E-state index contributed by atoms with van der Waals surface area (Å²) >= 11 is 0. The van der Waals surface area contributed by atoms with Crippen molar-refractivity contribution in [3.63, 3.8) is 0 Å². The zero-order chi connectivity index (χ0) is 17.4. The molecule has 0 N–H and O–H groups in total. The van der Waals surface area contributed by atoms with Crippen LogP contribution in [0.1, 0.15) is 27.6 Å². The van der Waals surface area contributed by atoms with E-state index in [9.17, 15) is 4.79 Å². The van der Waals surface area contributed by atoms with Gasteiger partial charge in [0, 0.05) is 11.9 Å². The third kappa shape index (κ3) is 2.82. The summed E-state index contributed by atoms with van der Waals surface area (Å²) in [6.07, 6.45) is 1.69. The summed E-state index contributed by atoms with van der Waals surface area (Å²) in [5.41, 5.74) is 4.99. The summed E-state index contributed by atoms with van der Waals surface area (Å²) in [5.74, 6) is -0.475. The number of fused-ring (bicyclic) bond motifs is 2. The molecule has 0 amide bonds. The number of imidazole rings is 1. The molecule has 0 bridgehead atoms. The monoisotopic (exact) mass is 332 g/mol. The van der Waals surface area contributed by atoms with Crippen LogP contribution in [-0.2, 0) is 11.3 Å². The Kier molecular flexibility index (Phi) is 3.65. The van der Waals surface area contributed by atoms with Crippen LogP contribution in [0.5, 0.6) is 0 Å². The van der Waals surface area contributed by atoms with Crippen LogP contribution in [0, 0.1) is 13.8 Å². The molecule has 0 spiro atoms. The Morgan fingerprint density at radius 1 is 1.00 bits per heavy atom. The van der Waals surface area contributed by atoms with Crippen LogP contribution in [0.25, 0.3) is 16.7 Å². The third-order valence-electron chi connectivity index (χ3n) is 4.09. The average molecular weight is 332 g/mol. The fourth-order valence-electron chi connectivity index (χ4n) is 2.72. The predicted molar refractivity (Wildman–Crippen MR) is 93.3 cm³/mol. The number of carbonyl (C=O) groups is 1. The highest BCUT2D eigenvalue weighted by atomic mass is 16.5. The fourth-order valence-corrected chi connectivity index (χ4v) is 2.72. The maximum atomic E-state index is 12.3. The number of para-hydroxylation sites is 2. The molecule has 6 nitrogen and oxygen atoms in total. The third-order valence-corrected chi connectivity index (χ3v) is 4.09. The topological polar surface area (TPSA) is 69.4 Å². The highest BCUT2D eigenvalue weighted by molar-refractivity contribution is 5.88. The Morgan fingerprint density at radius 2 is 1.76 bits per heavy atom. The van der Waals surface area contributed by atoms with E-state index in [2.05, 4.69) is 15.0 Å². The minimum Gasteiger partial charge on any atom is -0.454 e. The van der Waals surface area contributed by atoms with Gasteiger partial charge in [0.05, 0.1) is 22.4 Å². The SMILES string of the molecule is Cc1nc2ccccc2nc1COC(=O)c1cn2c(C)cccc2n1. The fraction of sp³-hybridized carbons (Fsp3) is 0.158. The summed E-state index contributed by atoms with van der Waals surface area (Å²) in [7, 11) is 0. The number of ether oxygens (including phenoxy) is 1. The molecule has 1 aromatic carbocycles. The predicted octanol–water partition coefficient (Wildman–Crippen LogP) is 3.25.